The maximum atomic E-state index is 11.3. The van der Waals surface area contributed by atoms with Gasteiger partial charge in [-0.3, -0.25) is 4.90 Å². The Labute approximate surface area is 112 Å². The van der Waals surface area contributed by atoms with Crippen molar-refractivity contribution in [1.29, 1.82) is 0 Å². The van der Waals surface area contributed by atoms with Crippen molar-refractivity contribution in [3.63, 3.8) is 0 Å². The van der Waals surface area contributed by atoms with Crippen molar-refractivity contribution in [3.05, 3.63) is 35.9 Å². The lowest BCUT2D eigenvalue weighted by atomic mass is 9.87. The number of nitrogens with one attached hydrogen (secondary N) is 1. The van der Waals surface area contributed by atoms with Crippen LogP contribution in [0.15, 0.2) is 35.3 Å². The molecule has 0 aliphatic carbocycles. The number of amides is 2. The zero-order valence-electron chi connectivity index (χ0n) is 10.8. The fourth-order valence-electron chi connectivity index (χ4n) is 2.83. The zero-order valence-corrected chi connectivity index (χ0v) is 10.8. The lowest BCUT2D eigenvalue weighted by molar-refractivity contribution is 0.171. The Morgan fingerprint density at radius 1 is 1.26 bits per heavy atom. The van der Waals surface area contributed by atoms with Crippen LogP contribution in [0.1, 0.15) is 18.4 Å². The van der Waals surface area contributed by atoms with Crippen LogP contribution < -0.4 is 11.1 Å². The number of piperidine rings is 1. The molecule has 1 aromatic carbocycles. The van der Waals surface area contributed by atoms with Gasteiger partial charge in [0.15, 0.2) is 0 Å². The van der Waals surface area contributed by atoms with Gasteiger partial charge in [-0.2, -0.15) is 4.99 Å². The second-order valence-corrected chi connectivity index (χ2v) is 5.27. The van der Waals surface area contributed by atoms with E-state index in [4.69, 9.17) is 5.73 Å². The summed E-state index contributed by atoms with van der Waals surface area (Å²) in [6, 6.07) is 10.1. The van der Waals surface area contributed by atoms with Crippen LogP contribution in [-0.4, -0.2) is 35.4 Å². The fourth-order valence-corrected chi connectivity index (χ4v) is 2.83. The molecule has 1 saturated heterocycles. The number of nitrogens with two attached hydrogens (primary N) is 1. The van der Waals surface area contributed by atoms with Crippen molar-refractivity contribution in [2.75, 3.05) is 13.1 Å². The highest BCUT2D eigenvalue weighted by atomic mass is 16.2. The second-order valence-electron chi connectivity index (χ2n) is 5.27. The van der Waals surface area contributed by atoms with Crippen LogP contribution in [0.2, 0.25) is 0 Å². The third kappa shape index (κ3) is 2.33. The molecule has 2 heterocycles. The van der Waals surface area contributed by atoms with Crippen molar-refractivity contribution in [3.8, 4) is 0 Å². The number of hydrogen-bond donors (Lipinski definition) is 2. The minimum absolute atomic E-state index is 0.297. The van der Waals surface area contributed by atoms with Crippen LogP contribution in [0.4, 0.5) is 4.79 Å². The molecule has 19 heavy (non-hydrogen) atoms. The normalized spacial score (nSPS) is 22.3. The summed E-state index contributed by atoms with van der Waals surface area (Å²) in [6.45, 7) is 2.79. The standard InChI is InChI=1S/C14H18N4O/c15-12-14(17-13(19)16-12)6-8-18(9-7-14)10-11-4-2-1-3-5-11/h1-5H,6-10H2,(H3,15,16,17,19). The van der Waals surface area contributed by atoms with Crippen LogP contribution in [0, 0.1) is 0 Å². The van der Waals surface area contributed by atoms with Gasteiger partial charge in [0.2, 0.25) is 0 Å². The van der Waals surface area contributed by atoms with E-state index in [-0.39, 0.29) is 11.6 Å². The molecular weight excluding hydrogens is 240 g/mol. The summed E-state index contributed by atoms with van der Waals surface area (Å²) in [5, 5.41) is 2.91. The van der Waals surface area contributed by atoms with Crippen molar-refractivity contribution < 1.29 is 4.79 Å². The molecular formula is C14H18N4O. The molecule has 0 aromatic heterocycles. The van der Waals surface area contributed by atoms with Crippen LogP contribution in [-0.2, 0) is 6.54 Å². The van der Waals surface area contributed by atoms with Gasteiger partial charge in [0.1, 0.15) is 11.4 Å². The molecule has 3 N–H and O–H groups in total. The number of hydrogen-bond acceptors (Lipinski definition) is 3. The largest absolute Gasteiger partial charge is 0.385 e. The molecule has 3 rings (SSSR count). The number of benzene rings is 1. The Kier molecular flexibility index (Phi) is 2.98. The number of carbonyl (C=O) groups is 1. The van der Waals surface area contributed by atoms with E-state index in [1.807, 2.05) is 6.07 Å². The van der Waals surface area contributed by atoms with E-state index >= 15 is 0 Å². The highest BCUT2D eigenvalue weighted by Crippen LogP contribution is 2.26. The van der Waals surface area contributed by atoms with Crippen LogP contribution in [0.3, 0.4) is 0 Å². The Bertz CT molecular complexity index is 503. The monoisotopic (exact) mass is 258 g/mol. The first-order chi connectivity index (χ1) is 9.18. The van der Waals surface area contributed by atoms with Gasteiger partial charge in [0.05, 0.1) is 0 Å². The quantitative estimate of drug-likeness (QED) is 0.834. The minimum Gasteiger partial charge on any atom is -0.385 e. The molecule has 2 aliphatic rings. The average molecular weight is 258 g/mol. The molecule has 1 fully saturated rings. The van der Waals surface area contributed by atoms with E-state index in [0.717, 1.165) is 32.5 Å². The van der Waals surface area contributed by atoms with Gasteiger partial charge < -0.3 is 11.1 Å². The van der Waals surface area contributed by atoms with Crippen molar-refractivity contribution in [1.82, 2.24) is 10.2 Å². The predicted octanol–water partition coefficient (Wildman–Crippen LogP) is 1.10. The number of amidine groups is 1. The van der Waals surface area contributed by atoms with Crippen LogP contribution in [0.25, 0.3) is 0 Å². The molecule has 0 atom stereocenters. The van der Waals surface area contributed by atoms with Gasteiger partial charge in [-0.1, -0.05) is 30.3 Å². The van der Waals surface area contributed by atoms with Gasteiger partial charge in [-0.25, -0.2) is 4.79 Å². The van der Waals surface area contributed by atoms with E-state index in [1.165, 1.54) is 5.56 Å². The molecule has 2 amide bonds. The lowest BCUT2D eigenvalue weighted by Crippen LogP contribution is -2.57. The number of rotatable bonds is 2. The first-order valence-corrected chi connectivity index (χ1v) is 6.61. The van der Waals surface area contributed by atoms with Crippen molar-refractivity contribution in [2.45, 2.75) is 24.9 Å². The van der Waals surface area contributed by atoms with Crippen LogP contribution >= 0.6 is 0 Å². The van der Waals surface area contributed by atoms with E-state index in [9.17, 15) is 4.79 Å². The van der Waals surface area contributed by atoms with Gasteiger partial charge in [0, 0.05) is 19.6 Å². The smallest absolute Gasteiger partial charge is 0.343 e. The molecule has 0 bridgehead atoms. The van der Waals surface area contributed by atoms with Gasteiger partial charge in [-0.05, 0) is 18.4 Å². The van der Waals surface area contributed by atoms with E-state index in [1.54, 1.807) is 0 Å². The second kappa shape index (κ2) is 4.66. The molecule has 5 nitrogen and oxygen atoms in total. The summed E-state index contributed by atoms with van der Waals surface area (Å²) in [5.74, 6) is 0.455. The lowest BCUT2D eigenvalue weighted by Gasteiger charge is -2.38. The maximum absolute atomic E-state index is 11.3. The van der Waals surface area contributed by atoms with Gasteiger partial charge in [-0.15, -0.1) is 0 Å². The highest BCUT2D eigenvalue weighted by Gasteiger charge is 2.43. The molecule has 2 aliphatic heterocycles. The molecule has 0 unspecified atom stereocenters. The topological polar surface area (TPSA) is 70.7 Å². The van der Waals surface area contributed by atoms with Crippen molar-refractivity contribution in [2.24, 2.45) is 10.7 Å². The van der Waals surface area contributed by atoms with Gasteiger partial charge >= 0.3 is 6.03 Å². The Morgan fingerprint density at radius 3 is 2.53 bits per heavy atom. The summed E-state index contributed by atoms with van der Waals surface area (Å²) in [7, 11) is 0. The molecule has 1 aromatic rings. The molecule has 100 valence electrons. The number of aliphatic imine (C=N–C) groups is 1. The first-order valence-electron chi connectivity index (χ1n) is 6.61. The average Bonchev–Trinajstić information content (AvgIpc) is 2.68. The van der Waals surface area contributed by atoms with E-state index in [0.29, 0.717) is 5.84 Å². The molecule has 0 saturated carbocycles. The summed E-state index contributed by atoms with van der Waals surface area (Å²) >= 11 is 0. The summed E-state index contributed by atoms with van der Waals surface area (Å²) in [5.41, 5.74) is 6.81. The molecule has 5 heteroatoms. The van der Waals surface area contributed by atoms with E-state index in [2.05, 4.69) is 39.5 Å². The maximum Gasteiger partial charge on any atom is 0.343 e. The van der Waals surface area contributed by atoms with E-state index < -0.39 is 0 Å². The highest BCUT2D eigenvalue weighted by molar-refractivity contribution is 6.05. The van der Waals surface area contributed by atoms with Gasteiger partial charge in [0.25, 0.3) is 0 Å². The number of carbonyl (C=O) groups excluding carboxylic acids is 1. The minimum atomic E-state index is -0.385. The Morgan fingerprint density at radius 2 is 1.95 bits per heavy atom. The summed E-state index contributed by atoms with van der Waals surface area (Å²) in [4.78, 5) is 17.5. The molecule has 1 spiro atoms. The number of urea groups is 1. The molecule has 0 radical (unpaired) electrons. The van der Waals surface area contributed by atoms with Crippen molar-refractivity contribution >= 4 is 11.9 Å². The number of likely N-dealkylation sites (tertiary alicyclic amines) is 1. The first kappa shape index (κ1) is 12.2. The Hall–Kier alpha value is -1.88. The number of nitrogens with zero attached hydrogens (tertiary/aromatic N) is 2. The summed E-state index contributed by atoms with van der Waals surface area (Å²) in [6.07, 6.45) is 1.67. The third-order valence-electron chi connectivity index (χ3n) is 4.02. The zero-order chi connectivity index (χ0) is 13.3. The van der Waals surface area contributed by atoms with Crippen LogP contribution in [0.5, 0.6) is 0 Å². The fraction of sp³-hybridized carbons (Fsp3) is 0.429. The third-order valence-corrected chi connectivity index (χ3v) is 4.02. The predicted molar refractivity (Wildman–Crippen MR) is 73.8 cm³/mol. The SMILES string of the molecule is NC1=NC(=O)NC12CCN(Cc1ccccc1)CC2. The Balaban J connectivity index is 1.61. The summed E-state index contributed by atoms with van der Waals surface area (Å²) < 4.78 is 0.